The van der Waals surface area contributed by atoms with Gasteiger partial charge in [0.1, 0.15) is 5.39 Å². The van der Waals surface area contributed by atoms with Crippen molar-refractivity contribution in [1.82, 2.24) is 14.5 Å². The second-order valence-electron chi connectivity index (χ2n) is 5.14. The first-order valence-corrected chi connectivity index (χ1v) is 6.48. The predicted octanol–water partition coefficient (Wildman–Crippen LogP) is 1.85. The molecule has 1 saturated carbocycles. The molecule has 0 aliphatic heterocycles. The summed E-state index contributed by atoms with van der Waals surface area (Å²) in [5.41, 5.74) is -0.729. The second-order valence-corrected chi connectivity index (χ2v) is 5.14. The molecule has 4 rings (SSSR count). The van der Waals surface area contributed by atoms with E-state index in [1.54, 1.807) is 4.57 Å². The largest absolute Gasteiger partial charge is 0.322 e. The molecule has 1 fully saturated rings. The number of benzene rings is 1. The van der Waals surface area contributed by atoms with Crippen molar-refractivity contribution >= 4 is 21.9 Å². The Morgan fingerprint density at radius 1 is 1.19 bits per heavy atom. The number of aromatic nitrogens is 3. The van der Waals surface area contributed by atoms with Gasteiger partial charge in [0.05, 0.1) is 11.8 Å². The van der Waals surface area contributed by atoms with Gasteiger partial charge in [0.2, 0.25) is 5.43 Å². The van der Waals surface area contributed by atoms with Crippen molar-refractivity contribution in [3.8, 4) is 0 Å². The number of pyridine rings is 1. The van der Waals surface area contributed by atoms with E-state index in [1.807, 2.05) is 0 Å². The Labute approximate surface area is 115 Å². The number of nitrogens with zero attached hydrogens (tertiary/aromatic N) is 2. The quantitative estimate of drug-likeness (QED) is 0.695. The molecule has 0 bridgehead atoms. The first-order chi connectivity index (χ1) is 10.1. The molecule has 1 N–H and O–H groups in total. The third-order valence-electron chi connectivity index (χ3n) is 3.74. The fourth-order valence-electron chi connectivity index (χ4n) is 2.65. The van der Waals surface area contributed by atoms with Crippen LogP contribution in [0.5, 0.6) is 0 Å². The van der Waals surface area contributed by atoms with Crippen LogP contribution in [-0.2, 0) is 0 Å². The lowest BCUT2D eigenvalue weighted by Crippen LogP contribution is -2.21. The molecule has 0 amide bonds. The van der Waals surface area contributed by atoms with E-state index in [4.69, 9.17) is 0 Å². The van der Waals surface area contributed by atoms with E-state index < -0.39 is 22.6 Å². The first-order valence-electron chi connectivity index (χ1n) is 6.48. The van der Waals surface area contributed by atoms with Crippen LogP contribution in [0.1, 0.15) is 18.9 Å². The lowest BCUT2D eigenvalue weighted by atomic mass is 10.1. The minimum absolute atomic E-state index is 0.00759. The zero-order chi connectivity index (χ0) is 14.7. The Morgan fingerprint density at radius 3 is 2.62 bits per heavy atom. The van der Waals surface area contributed by atoms with Crippen LogP contribution in [-0.4, -0.2) is 14.5 Å². The molecule has 0 unspecified atom stereocenters. The molecule has 0 spiro atoms. The second kappa shape index (κ2) is 3.97. The summed E-state index contributed by atoms with van der Waals surface area (Å²) in [6.45, 7) is 0. The minimum atomic E-state index is -1.11. The number of nitrogens with one attached hydrogen (secondary N) is 1. The Bertz CT molecular complexity index is 1020. The number of H-pyrrole nitrogens is 1. The molecule has 7 heteroatoms. The highest BCUT2D eigenvalue weighted by Gasteiger charge is 2.28. The van der Waals surface area contributed by atoms with Gasteiger partial charge in [-0.15, -0.1) is 0 Å². The number of aromatic amines is 1. The number of halogens is 2. The average molecular weight is 289 g/mol. The van der Waals surface area contributed by atoms with Crippen LogP contribution in [0.2, 0.25) is 0 Å². The van der Waals surface area contributed by atoms with Crippen molar-refractivity contribution in [2.24, 2.45) is 0 Å². The maximum absolute atomic E-state index is 13.5. The van der Waals surface area contributed by atoms with Crippen molar-refractivity contribution < 1.29 is 8.78 Å². The van der Waals surface area contributed by atoms with E-state index in [0.29, 0.717) is 0 Å². The Balaban J connectivity index is 2.35. The van der Waals surface area contributed by atoms with Gasteiger partial charge in [-0.3, -0.25) is 9.59 Å². The van der Waals surface area contributed by atoms with Gasteiger partial charge in [0, 0.05) is 17.5 Å². The molecule has 0 saturated heterocycles. The zero-order valence-electron chi connectivity index (χ0n) is 10.7. The van der Waals surface area contributed by atoms with Crippen LogP contribution in [0.25, 0.3) is 21.9 Å². The van der Waals surface area contributed by atoms with Crippen molar-refractivity contribution in [2.45, 2.75) is 18.9 Å². The summed E-state index contributed by atoms with van der Waals surface area (Å²) in [5.74, 6) is -2.14. The number of hydrogen-bond donors (Lipinski definition) is 1. The smallest absolute Gasteiger partial charge is 0.264 e. The summed E-state index contributed by atoms with van der Waals surface area (Å²) in [5, 5.41) is -0.130. The van der Waals surface area contributed by atoms with Crippen LogP contribution in [0.15, 0.2) is 28.0 Å². The maximum atomic E-state index is 13.5. The summed E-state index contributed by atoms with van der Waals surface area (Å²) in [4.78, 5) is 30.7. The van der Waals surface area contributed by atoms with E-state index in [1.165, 1.54) is 6.33 Å². The summed E-state index contributed by atoms with van der Waals surface area (Å²) in [6.07, 6.45) is 2.90. The van der Waals surface area contributed by atoms with Crippen molar-refractivity contribution in [3.05, 3.63) is 50.7 Å². The molecule has 21 heavy (non-hydrogen) atoms. The fourth-order valence-corrected chi connectivity index (χ4v) is 2.65. The summed E-state index contributed by atoms with van der Waals surface area (Å²) < 4.78 is 28.7. The van der Waals surface area contributed by atoms with Crippen LogP contribution in [0.3, 0.4) is 0 Å². The lowest BCUT2D eigenvalue weighted by Gasteiger charge is -2.13. The molecule has 0 radical (unpaired) electrons. The average Bonchev–Trinajstić information content (AvgIpc) is 3.26. The summed E-state index contributed by atoms with van der Waals surface area (Å²) >= 11 is 0. The van der Waals surface area contributed by atoms with Gasteiger partial charge >= 0.3 is 0 Å². The number of rotatable bonds is 1. The molecule has 2 heterocycles. The summed E-state index contributed by atoms with van der Waals surface area (Å²) in [7, 11) is 0. The molecular weight excluding hydrogens is 280 g/mol. The first kappa shape index (κ1) is 12.2. The van der Waals surface area contributed by atoms with Gasteiger partial charge in [-0.1, -0.05) is 0 Å². The van der Waals surface area contributed by atoms with E-state index >= 15 is 0 Å². The Morgan fingerprint density at radius 2 is 1.90 bits per heavy atom. The van der Waals surface area contributed by atoms with Crippen LogP contribution >= 0.6 is 0 Å². The topological polar surface area (TPSA) is 67.8 Å². The van der Waals surface area contributed by atoms with E-state index in [0.717, 1.165) is 25.0 Å². The van der Waals surface area contributed by atoms with Gasteiger partial charge in [-0.2, -0.15) is 0 Å². The van der Waals surface area contributed by atoms with Crippen LogP contribution < -0.4 is 11.0 Å². The van der Waals surface area contributed by atoms with Crippen molar-refractivity contribution in [2.75, 3.05) is 0 Å². The maximum Gasteiger partial charge on any atom is 0.264 e. The molecule has 1 aromatic carbocycles. The molecular formula is C14H9F2N3O2. The molecule has 1 aliphatic rings. The number of fused-ring (bicyclic) bond motifs is 2. The molecule has 5 nitrogen and oxygen atoms in total. The molecule has 106 valence electrons. The summed E-state index contributed by atoms with van der Waals surface area (Å²) in [6, 6.07) is 1.89. The van der Waals surface area contributed by atoms with Gasteiger partial charge in [-0.25, -0.2) is 13.8 Å². The highest BCUT2D eigenvalue weighted by Crippen LogP contribution is 2.38. The van der Waals surface area contributed by atoms with Gasteiger partial charge < -0.3 is 9.55 Å². The van der Waals surface area contributed by atoms with Gasteiger partial charge in [0.15, 0.2) is 17.3 Å². The third kappa shape index (κ3) is 1.63. The molecule has 2 aromatic heterocycles. The van der Waals surface area contributed by atoms with Crippen LogP contribution in [0.4, 0.5) is 8.78 Å². The molecule has 0 atom stereocenters. The molecule has 3 aromatic rings. The normalized spacial score (nSPS) is 15.0. The standard InChI is InChI=1S/C14H9F2N3O2/c15-8-3-7-10(4-9(8)16)19(6-1-2-6)13-11(12(7)20)14(21)18-5-17-13/h3-6H,1-2H2,(H,17,18,21). The van der Waals surface area contributed by atoms with Gasteiger partial charge in [-0.05, 0) is 18.9 Å². The molecule has 1 aliphatic carbocycles. The van der Waals surface area contributed by atoms with E-state index in [2.05, 4.69) is 9.97 Å². The SMILES string of the molecule is O=c1[nH]cnc2c1c(=O)c1cc(F)c(F)cc1n2C1CC1. The third-order valence-corrected chi connectivity index (χ3v) is 3.74. The van der Waals surface area contributed by atoms with Crippen LogP contribution in [0, 0.1) is 11.6 Å². The Hall–Kier alpha value is -2.57. The van der Waals surface area contributed by atoms with E-state index in [-0.39, 0.29) is 28.0 Å². The minimum Gasteiger partial charge on any atom is -0.322 e. The predicted molar refractivity (Wildman–Crippen MR) is 72.3 cm³/mol. The van der Waals surface area contributed by atoms with Gasteiger partial charge in [0.25, 0.3) is 5.56 Å². The Kier molecular flexibility index (Phi) is 2.30. The highest BCUT2D eigenvalue weighted by atomic mass is 19.2. The van der Waals surface area contributed by atoms with Crippen molar-refractivity contribution in [1.29, 1.82) is 0 Å². The van der Waals surface area contributed by atoms with E-state index in [9.17, 15) is 18.4 Å². The number of hydrogen-bond acceptors (Lipinski definition) is 3. The lowest BCUT2D eigenvalue weighted by molar-refractivity contribution is 0.510. The monoisotopic (exact) mass is 289 g/mol. The zero-order valence-corrected chi connectivity index (χ0v) is 10.7. The van der Waals surface area contributed by atoms with Crippen molar-refractivity contribution in [3.63, 3.8) is 0 Å². The highest BCUT2D eigenvalue weighted by molar-refractivity contribution is 5.91. The fraction of sp³-hybridized carbons (Fsp3) is 0.214.